The van der Waals surface area contributed by atoms with Crippen molar-refractivity contribution >= 4 is 17.2 Å². The molecule has 118 valence electrons. The van der Waals surface area contributed by atoms with E-state index in [-0.39, 0.29) is 12.5 Å². The van der Waals surface area contributed by atoms with Crippen LogP contribution in [0.15, 0.2) is 24.3 Å². The number of aliphatic hydroxyl groups excluding tert-OH is 1. The normalized spacial score (nSPS) is 11.0. The summed E-state index contributed by atoms with van der Waals surface area (Å²) in [6.07, 6.45) is 0.806. The molecule has 0 unspecified atom stereocenters. The molecule has 0 aliphatic heterocycles. The third-order valence-electron chi connectivity index (χ3n) is 3.34. The summed E-state index contributed by atoms with van der Waals surface area (Å²) in [5.41, 5.74) is 2.65. The monoisotopic (exact) mass is 318 g/mol. The maximum absolute atomic E-state index is 12.4. The number of aliphatic hydroxyl groups is 1. The van der Waals surface area contributed by atoms with Crippen molar-refractivity contribution < 1.29 is 9.90 Å². The van der Waals surface area contributed by atoms with E-state index in [1.165, 1.54) is 11.3 Å². The molecule has 2 aromatic rings. The molecule has 0 spiro atoms. The molecule has 1 aromatic carbocycles. The van der Waals surface area contributed by atoms with Crippen LogP contribution in [0.5, 0.6) is 0 Å². The predicted octanol–water partition coefficient (Wildman–Crippen LogP) is 3.07. The number of aryl methyl sites for hydroxylation is 1. The van der Waals surface area contributed by atoms with Crippen LogP contribution in [0, 0.1) is 12.8 Å². The molecule has 0 saturated carbocycles. The Labute approximate surface area is 135 Å². The summed E-state index contributed by atoms with van der Waals surface area (Å²) in [5.74, 6) is 0.372. The molecule has 0 atom stereocenters. The molecule has 2 rings (SSSR count). The Bertz CT molecular complexity index is 650. The van der Waals surface area contributed by atoms with Crippen LogP contribution in [-0.2, 0) is 19.6 Å². The Morgan fingerprint density at radius 3 is 2.64 bits per heavy atom. The van der Waals surface area contributed by atoms with Gasteiger partial charge in [0.05, 0.1) is 17.3 Å². The molecule has 0 bridgehead atoms. The maximum Gasteiger partial charge on any atom is 0.263 e. The molecule has 0 saturated heterocycles. The molecule has 0 fully saturated rings. The van der Waals surface area contributed by atoms with E-state index in [4.69, 9.17) is 0 Å². The van der Waals surface area contributed by atoms with Crippen LogP contribution in [0.25, 0.3) is 0 Å². The van der Waals surface area contributed by atoms with Crippen LogP contribution in [0.4, 0.5) is 0 Å². The first kappa shape index (κ1) is 16.6. The van der Waals surface area contributed by atoms with Crippen molar-refractivity contribution in [2.45, 2.75) is 40.3 Å². The lowest BCUT2D eigenvalue weighted by Gasteiger charge is -2.09. The van der Waals surface area contributed by atoms with Gasteiger partial charge in [0.1, 0.15) is 4.88 Å². The molecular weight excluding hydrogens is 296 g/mol. The van der Waals surface area contributed by atoms with Gasteiger partial charge in [-0.15, -0.1) is 11.3 Å². The summed E-state index contributed by atoms with van der Waals surface area (Å²) in [5, 5.41) is 13.2. The summed E-state index contributed by atoms with van der Waals surface area (Å²) in [7, 11) is 0. The van der Waals surface area contributed by atoms with Gasteiger partial charge in [0.2, 0.25) is 0 Å². The first-order valence-corrected chi connectivity index (χ1v) is 8.25. The number of thiazole rings is 1. The fourth-order valence-electron chi connectivity index (χ4n) is 2.31. The van der Waals surface area contributed by atoms with E-state index in [1.807, 2.05) is 31.2 Å². The molecule has 22 heavy (non-hydrogen) atoms. The Balaban J connectivity index is 2.09. The summed E-state index contributed by atoms with van der Waals surface area (Å²) in [4.78, 5) is 17.6. The number of carbonyl (C=O) groups is 1. The summed E-state index contributed by atoms with van der Waals surface area (Å²) in [6, 6.07) is 7.56. The van der Waals surface area contributed by atoms with E-state index in [2.05, 4.69) is 24.1 Å². The third-order valence-corrected chi connectivity index (χ3v) is 4.35. The van der Waals surface area contributed by atoms with E-state index >= 15 is 0 Å². The van der Waals surface area contributed by atoms with Gasteiger partial charge in [0, 0.05) is 6.54 Å². The minimum absolute atomic E-state index is 0.0235. The Kier molecular flexibility index (Phi) is 5.69. The number of carbonyl (C=O) groups excluding carboxylic acids is 1. The largest absolute Gasteiger partial charge is 0.392 e. The standard InChI is InChI=1S/C17H22N2O2S/c1-11(2)8-15-16(22-12(3)19-15)17(21)18-9-13-6-4-5-7-14(13)10-20/h4-7,11,20H,8-10H2,1-3H3,(H,18,21). The van der Waals surface area contributed by atoms with Crippen molar-refractivity contribution in [2.24, 2.45) is 5.92 Å². The van der Waals surface area contributed by atoms with Gasteiger partial charge in [-0.25, -0.2) is 4.98 Å². The van der Waals surface area contributed by atoms with E-state index < -0.39 is 0 Å². The third kappa shape index (κ3) is 4.15. The maximum atomic E-state index is 12.4. The zero-order chi connectivity index (χ0) is 16.1. The average Bonchev–Trinajstić information content (AvgIpc) is 2.85. The van der Waals surface area contributed by atoms with Gasteiger partial charge >= 0.3 is 0 Å². The van der Waals surface area contributed by atoms with Crippen LogP contribution in [0.3, 0.4) is 0 Å². The van der Waals surface area contributed by atoms with Crippen LogP contribution in [0.2, 0.25) is 0 Å². The van der Waals surface area contributed by atoms with Crippen LogP contribution >= 0.6 is 11.3 Å². The second-order valence-corrected chi connectivity index (χ2v) is 6.92. The number of hydrogen-bond donors (Lipinski definition) is 2. The van der Waals surface area contributed by atoms with Crippen molar-refractivity contribution in [1.82, 2.24) is 10.3 Å². The molecule has 5 heteroatoms. The highest BCUT2D eigenvalue weighted by atomic mass is 32.1. The summed E-state index contributed by atoms with van der Waals surface area (Å²) >= 11 is 1.44. The van der Waals surface area contributed by atoms with Gasteiger partial charge in [0.15, 0.2) is 0 Å². The highest BCUT2D eigenvalue weighted by Gasteiger charge is 2.17. The van der Waals surface area contributed by atoms with Gasteiger partial charge in [-0.1, -0.05) is 38.1 Å². The second kappa shape index (κ2) is 7.51. The van der Waals surface area contributed by atoms with E-state index in [0.29, 0.717) is 17.3 Å². The van der Waals surface area contributed by atoms with Crippen molar-refractivity contribution in [3.8, 4) is 0 Å². The average molecular weight is 318 g/mol. The van der Waals surface area contributed by atoms with E-state index in [9.17, 15) is 9.90 Å². The summed E-state index contributed by atoms with van der Waals surface area (Å²) in [6.45, 7) is 6.55. The fraction of sp³-hybridized carbons (Fsp3) is 0.412. The first-order valence-electron chi connectivity index (χ1n) is 7.43. The van der Waals surface area contributed by atoms with Crippen molar-refractivity contribution in [2.75, 3.05) is 0 Å². The number of hydrogen-bond acceptors (Lipinski definition) is 4. The number of benzene rings is 1. The lowest BCUT2D eigenvalue weighted by molar-refractivity contribution is 0.0953. The molecule has 0 aliphatic carbocycles. The number of rotatable bonds is 6. The zero-order valence-electron chi connectivity index (χ0n) is 13.2. The molecule has 0 aliphatic rings. The number of nitrogens with zero attached hydrogens (tertiary/aromatic N) is 1. The quantitative estimate of drug-likeness (QED) is 0.860. The second-order valence-electron chi connectivity index (χ2n) is 5.72. The van der Waals surface area contributed by atoms with Crippen molar-refractivity contribution in [1.29, 1.82) is 0 Å². The fourth-order valence-corrected chi connectivity index (χ4v) is 3.18. The van der Waals surface area contributed by atoms with Gasteiger partial charge in [0.25, 0.3) is 5.91 Å². The lowest BCUT2D eigenvalue weighted by Crippen LogP contribution is -2.23. The molecule has 1 amide bonds. The lowest BCUT2D eigenvalue weighted by atomic mass is 10.1. The van der Waals surface area contributed by atoms with Crippen molar-refractivity contribution in [3.05, 3.63) is 51.0 Å². The molecule has 0 radical (unpaired) electrons. The molecule has 4 nitrogen and oxygen atoms in total. The molecule has 2 N–H and O–H groups in total. The summed E-state index contributed by atoms with van der Waals surface area (Å²) < 4.78 is 0. The predicted molar refractivity (Wildman–Crippen MR) is 88.9 cm³/mol. The topological polar surface area (TPSA) is 62.2 Å². The van der Waals surface area contributed by atoms with Crippen LogP contribution in [0.1, 0.15) is 45.3 Å². The smallest absolute Gasteiger partial charge is 0.263 e. The minimum Gasteiger partial charge on any atom is -0.392 e. The number of nitrogens with one attached hydrogen (secondary N) is 1. The minimum atomic E-state index is -0.0889. The van der Waals surface area contributed by atoms with E-state index in [1.54, 1.807) is 0 Å². The highest BCUT2D eigenvalue weighted by Crippen LogP contribution is 2.21. The van der Waals surface area contributed by atoms with Gasteiger partial charge in [-0.3, -0.25) is 4.79 Å². The molecule has 1 aromatic heterocycles. The highest BCUT2D eigenvalue weighted by molar-refractivity contribution is 7.13. The van der Waals surface area contributed by atoms with Crippen molar-refractivity contribution in [3.63, 3.8) is 0 Å². The van der Waals surface area contributed by atoms with Gasteiger partial charge in [-0.2, -0.15) is 0 Å². The van der Waals surface area contributed by atoms with Crippen LogP contribution < -0.4 is 5.32 Å². The van der Waals surface area contributed by atoms with Gasteiger partial charge in [-0.05, 0) is 30.4 Å². The Morgan fingerprint density at radius 1 is 1.32 bits per heavy atom. The number of aromatic nitrogens is 1. The van der Waals surface area contributed by atoms with Crippen LogP contribution in [-0.4, -0.2) is 16.0 Å². The van der Waals surface area contributed by atoms with E-state index in [0.717, 1.165) is 28.2 Å². The first-order chi connectivity index (χ1) is 10.5. The van der Waals surface area contributed by atoms with Gasteiger partial charge < -0.3 is 10.4 Å². The number of amides is 1. The Hall–Kier alpha value is -1.72. The SMILES string of the molecule is Cc1nc(CC(C)C)c(C(=O)NCc2ccccc2CO)s1. The molecule has 1 heterocycles. The zero-order valence-corrected chi connectivity index (χ0v) is 14.0. The Morgan fingerprint density at radius 2 is 2.00 bits per heavy atom. The molecular formula is C17H22N2O2S.